The quantitative estimate of drug-likeness (QED) is 0.440. The molecule has 0 amide bonds. The highest BCUT2D eigenvalue weighted by Crippen LogP contribution is 2.21. The molecule has 5 nitrogen and oxygen atoms in total. The van der Waals surface area contributed by atoms with Crippen molar-refractivity contribution in [2.45, 2.75) is 13.5 Å². The molecule has 0 aliphatic carbocycles. The lowest BCUT2D eigenvalue weighted by molar-refractivity contribution is 0.0723. The molecule has 3 aromatic carbocycles. The highest BCUT2D eigenvalue weighted by Gasteiger charge is 2.15. The minimum absolute atomic E-state index is 0.378. The summed E-state index contributed by atoms with van der Waals surface area (Å²) < 4.78 is 13.0. The molecule has 0 aliphatic rings. The topological polar surface area (TPSA) is 53.4 Å². The molecule has 0 N–H and O–H groups in total. The molecule has 4 rings (SSSR count). The lowest BCUT2D eigenvalue weighted by Gasteiger charge is -2.09. The lowest BCUT2D eigenvalue weighted by Crippen LogP contribution is -2.11. The predicted octanol–water partition coefficient (Wildman–Crippen LogP) is 4.98. The van der Waals surface area contributed by atoms with E-state index in [0.717, 1.165) is 16.9 Å². The number of rotatable bonds is 6. The van der Waals surface area contributed by atoms with Gasteiger partial charge in [0.15, 0.2) is 0 Å². The normalized spacial score (nSPS) is 10.5. The number of nitrogens with zero attached hydrogens (tertiary/aromatic N) is 2. The van der Waals surface area contributed by atoms with E-state index in [0.29, 0.717) is 23.8 Å². The van der Waals surface area contributed by atoms with E-state index in [2.05, 4.69) is 5.10 Å². The zero-order valence-electron chi connectivity index (χ0n) is 16.0. The van der Waals surface area contributed by atoms with E-state index in [1.54, 1.807) is 35.0 Å². The summed E-state index contributed by atoms with van der Waals surface area (Å²) >= 11 is 0. The average molecular weight is 384 g/mol. The molecular weight excluding hydrogens is 364 g/mol. The zero-order valence-corrected chi connectivity index (χ0v) is 16.0. The third-order valence-corrected chi connectivity index (χ3v) is 4.34. The third kappa shape index (κ3) is 4.52. The van der Waals surface area contributed by atoms with Gasteiger partial charge >= 0.3 is 5.97 Å². The summed E-state index contributed by atoms with van der Waals surface area (Å²) in [5, 5.41) is 4.41. The fourth-order valence-electron chi connectivity index (χ4n) is 2.88. The maximum atomic E-state index is 12.6. The minimum Gasteiger partial charge on any atom is -0.489 e. The standard InChI is InChI=1S/C24H20N2O3/c1-18-16-23(26(25-18)21-10-6-3-7-11-21)29-24(27)20-12-14-22(15-13-20)28-17-19-8-4-2-5-9-19/h2-16H,17H2,1H3. The number of para-hydroxylation sites is 1. The van der Waals surface area contributed by atoms with Gasteiger partial charge in [0.25, 0.3) is 0 Å². The molecule has 4 aromatic rings. The summed E-state index contributed by atoms with van der Waals surface area (Å²) in [7, 11) is 0. The second kappa shape index (κ2) is 8.44. The van der Waals surface area contributed by atoms with E-state index in [-0.39, 0.29) is 0 Å². The molecule has 0 radical (unpaired) electrons. The molecule has 144 valence electrons. The molecule has 0 saturated carbocycles. The summed E-state index contributed by atoms with van der Waals surface area (Å²) in [6, 6.07) is 28.1. The van der Waals surface area contributed by atoms with Crippen LogP contribution in [0.25, 0.3) is 5.69 Å². The van der Waals surface area contributed by atoms with Crippen molar-refractivity contribution in [3.63, 3.8) is 0 Å². The molecule has 29 heavy (non-hydrogen) atoms. The van der Waals surface area contributed by atoms with Crippen molar-refractivity contribution in [1.82, 2.24) is 9.78 Å². The summed E-state index contributed by atoms with van der Waals surface area (Å²) in [5.74, 6) is 0.621. The molecule has 0 bridgehead atoms. The van der Waals surface area contributed by atoms with Crippen molar-refractivity contribution in [2.24, 2.45) is 0 Å². The number of aromatic nitrogens is 2. The number of hydrogen-bond acceptors (Lipinski definition) is 4. The van der Waals surface area contributed by atoms with E-state index in [4.69, 9.17) is 9.47 Å². The maximum Gasteiger partial charge on any atom is 0.344 e. The molecule has 0 fully saturated rings. The first-order chi connectivity index (χ1) is 14.2. The van der Waals surface area contributed by atoms with Crippen LogP contribution in [-0.2, 0) is 6.61 Å². The van der Waals surface area contributed by atoms with Gasteiger partial charge in [-0.3, -0.25) is 0 Å². The number of hydrogen-bond donors (Lipinski definition) is 0. The van der Waals surface area contributed by atoms with Crippen molar-refractivity contribution in [3.05, 3.63) is 108 Å². The largest absolute Gasteiger partial charge is 0.489 e. The second-order valence-corrected chi connectivity index (χ2v) is 6.56. The summed E-state index contributed by atoms with van der Waals surface area (Å²) in [4.78, 5) is 12.6. The number of carbonyl (C=O) groups excluding carboxylic acids is 1. The summed E-state index contributed by atoms with van der Waals surface area (Å²) in [6.45, 7) is 2.33. The van der Waals surface area contributed by atoms with Gasteiger partial charge in [-0.05, 0) is 48.9 Å². The van der Waals surface area contributed by atoms with Crippen molar-refractivity contribution >= 4 is 5.97 Å². The van der Waals surface area contributed by atoms with Gasteiger partial charge in [0, 0.05) is 6.07 Å². The second-order valence-electron chi connectivity index (χ2n) is 6.56. The predicted molar refractivity (Wildman–Crippen MR) is 110 cm³/mol. The van der Waals surface area contributed by atoms with Crippen LogP contribution in [0.4, 0.5) is 0 Å². The average Bonchev–Trinajstić information content (AvgIpc) is 3.14. The Morgan fingerprint density at radius 1 is 0.897 bits per heavy atom. The molecule has 0 spiro atoms. The van der Waals surface area contributed by atoms with Gasteiger partial charge in [0.05, 0.1) is 16.9 Å². The van der Waals surface area contributed by atoms with Crippen LogP contribution in [0, 0.1) is 6.92 Å². The fourth-order valence-corrected chi connectivity index (χ4v) is 2.88. The van der Waals surface area contributed by atoms with Crippen molar-refractivity contribution in [3.8, 4) is 17.3 Å². The van der Waals surface area contributed by atoms with Crippen LogP contribution in [-0.4, -0.2) is 15.7 Å². The SMILES string of the molecule is Cc1cc(OC(=O)c2ccc(OCc3ccccc3)cc2)n(-c2ccccc2)n1. The van der Waals surface area contributed by atoms with Crippen molar-refractivity contribution in [1.29, 1.82) is 0 Å². The van der Waals surface area contributed by atoms with E-state index in [1.165, 1.54) is 0 Å². The third-order valence-electron chi connectivity index (χ3n) is 4.34. The Balaban J connectivity index is 1.44. The van der Waals surface area contributed by atoms with Gasteiger partial charge in [-0.2, -0.15) is 5.10 Å². The smallest absolute Gasteiger partial charge is 0.344 e. The van der Waals surface area contributed by atoms with Crippen molar-refractivity contribution < 1.29 is 14.3 Å². The number of esters is 1. The number of benzene rings is 3. The highest BCUT2D eigenvalue weighted by molar-refractivity contribution is 5.91. The molecule has 0 aliphatic heterocycles. The molecular formula is C24H20N2O3. The van der Waals surface area contributed by atoms with Crippen LogP contribution in [0.1, 0.15) is 21.6 Å². The molecule has 5 heteroatoms. The first-order valence-electron chi connectivity index (χ1n) is 9.30. The number of carbonyl (C=O) groups is 1. The van der Waals surface area contributed by atoms with E-state index in [9.17, 15) is 4.79 Å². The Morgan fingerprint density at radius 3 is 2.24 bits per heavy atom. The maximum absolute atomic E-state index is 12.6. The summed E-state index contributed by atoms with van der Waals surface area (Å²) in [6.07, 6.45) is 0. The molecule has 0 atom stereocenters. The Hall–Kier alpha value is -3.86. The van der Waals surface area contributed by atoms with Crippen molar-refractivity contribution in [2.75, 3.05) is 0 Å². The van der Waals surface area contributed by atoms with E-state index < -0.39 is 5.97 Å². The van der Waals surface area contributed by atoms with E-state index >= 15 is 0 Å². The molecule has 0 unspecified atom stereocenters. The van der Waals surface area contributed by atoms with Crippen LogP contribution in [0.15, 0.2) is 91.0 Å². The van der Waals surface area contributed by atoms with Gasteiger partial charge in [-0.15, -0.1) is 0 Å². The van der Waals surface area contributed by atoms with Gasteiger partial charge in [0.1, 0.15) is 12.4 Å². The van der Waals surface area contributed by atoms with Crippen LogP contribution < -0.4 is 9.47 Å². The fraction of sp³-hybridized carbons (Fsp3) is 0.0833. The monoisotopic (exact) mass is 384 g/mol. The Morgan fingerprint density at radius 2 is 1.55 bits per heavy atom. The highest BCUT2D eigenvalue weighted by atomic mass is 16.5. The van der Waals surface area contributed by atoms with Gasteiger partial charge < -0.3 is 9.47 Å². The lowest BCUT2D eigenvalue weighted by atomic mass is 10.2. The van der Waals surface area contributed by atoms with E-state index in [1.807, 2.05) is 67.6 Å². The first-order valence-corrected chi connectivity index (χ1v) is 9.30. The first kappa shape index (κ1) is 18.5. The molecule has 1 aromatic heterocycles. The number of ether oxygens (including phenoxy) is 2. The van der Waals surface area contributed by atoms with Gasteiger partial charge in [-0.1, -0.05) is 48.5 Å². The van der Waals surface area contributed by atoms with Crippen LogP contribution >= 0.6 is 0 Å². The summed E-state index contributed by atoms with van der Waals surface area (Å²) in [5.41, 5.74) is 3.12. The minimum atomic E-state index is -0.448. The Labute approximate surface area is 169 Å². The molecule has 1 heterocycles. The zero-order chi connectivity index (χ0) is 20.1. The van der Waals surface area contributed by atoms with Crippen LogP contribution in [0.3, 0.4) is 0 Å². The Kier molecular flexibility index (Phi) is 5.38. The van der Waals surface area contributed by atoms with Crippen LogP contribution in [0.5, 0.6) is 11.6 Å². The van der Waals surface area contributed by atoms with Gasteiger partial charge in [-0.25, -0.2) is 9.48 Å². The van der Waals surface area contributed by atoms with Crippen LogP contribution in [0.2, 0.25) is 0 Å². The number of aryl methyl sites for hydroxylation is 1. The molecule has 0 saturated heterocycles. The Bertz CT molecular complexity index is 1090. The van der Waals surface area contributed by atoms with Gasteiger partial charge in [0.2, 0.25) is 5.88 Å².